The summed E-state index contributed by atoms with van der Waals surface area (Å²) in [6, 6.07) is -0.870. The van der Waals surface area contributed by atoms with Crippen molar-refractivity contribution in [2.75, 3.05) is 7.05 Å². The first-order chi connectivity index (χ1) is 6.79. The number of hydrogen-bond donors (Lipinski definition) is 3. The van der Waals surface area contributed by atoms with Crippen molar-refractivity contribution in [3.63, 3.8) is 0 Å². The van der Waals surface area contributed by atoms with Crippen molar-refractivity contribution in [3.05, 3.63) is 0 Å². The maximum absolute atomic E-state index is 11.8. The van der Waals surface area contributed by atoms with Crippen molar-refractivity contribution in [3.8, 4) is 0 Å². The zero-order chi connectivity index (χ0) is 12.1. The van der Waals surface area contributed by atoms with E-state index in [1.165, 1.54) is 7.05 Å². The summed E-state index contributed by atoms with van der Waals surface area (Å²) in [5.41, 5.74) is 0. The number of aliphatic hydroxyl groups excluding tert-OH is 1. The fourth-order valence-electron chi connectivity index (χ4n) is 1.07. The number of aliphatic hydroxyl groups is 1. The second-order valence-corrected chi connectivity index (χ2v) is 3.17. The first-order valence-electron chi connectivity index (χ1n) is 4.44. The van der Waals surface area contributed by atoms with Crippen molar-refractivity contribution in [1.29, 1.82) is 0 Å². The van der Waals surface area contributed by atoms with E-state index in [9.17, 15) is 18.0 Å². The molecule has 0 heterocycles. The number of aliphatic carboxylic acids is 1. The Morgan fingerprint density at radius 2 is 1.93 bits per heavy atom. The van der Waals surface area contributed by atoms with Crippen LogP contribution in [-0.4, -0.2) is 41.6 Å². The summed E-state index contributed by atoms with van der Waals surface area (Å²) in [6.45, 7) is 0. The second kappa shape index (κ2) is 5.92. The summed E-state index contributed by atoms with van der Waals surface area (Å²) in [6.07, 6.45) is -7.42. The Morgan fingerprint density at radius 3 is 2.27 bits per heavy atom. The van der Waals surface area contributed by atoms with Gasteiger partial charge in [-0.2, -0.15) is 13.2 Å². The van der Waals surface area contributed by atoms with Crippen molar-refractivity contribution < 1.29 is 28.2 Å². The van der Waals surface area contributed by atoms with Gasteiger partial charge in [0.25, 0.3) is 0 Å². The molecule has 0 aromatic heterocycles. The molecule has 3 N–H and O–H groups in total. The highest BCUT2D eigenvalue weighted by Gasteiger charge is 2.37. The number of alkyl halides is 3. The maximum Gasteiger partial charge on any atom is 0.414 e. The van der Waals surface area contributed by atoms with Crippen LogP contribution >= 0.6 is 0 Å². The molecule has 4 nitrogen and oxygen atoms in total. The Hall–Kier alpha value is -0.820. The molecule has 0 aliphatic rings. The Balaban J connectivity index is 3.83. The van der Waals surface area contributed by atoms with E-state index in [1.54, 1.807) is 0 Å². The van der Waals surface area contributed by atoms with Crippen LogP contribution in [0.5, 0.6) is 0 Å². The molecule has 0 aliphatic heterocycles. The van der Waals surface area contributed by atoms with Gasteiger partial charge in [-0.1, -0.05) is 0 Å². The van der Waals surface area contributed by atoms with Crippen molar-refractivity contribution in [2.45, 2.75) is 37.6 Å². The monoisotopic (exact) mass is 229 g/mol. The Bertz CT molecular complexity index is 208. The van der Waals surface area contributed by atoms with Crippen molar-refractivity contribution in [2.24, 2.45) is 0 Å². The molecule has 7 heteroatoms. The number of carbonyl (C=O) groups is 1. The van der Waals surface area contributed by atoms with E-state index in [0.717, 1.165) is 0 Å². The average Bonchev–Trinajstić information content (AvgIpc) is 2.09. The first-order valence-corrected chi connectivity index (χ1v) is 4.44. The summed E-state index contributed by atoms with van der Waals surface area (Å²) in [5.74, 6) is -1.11. The van der Waals surface area contributed by atoms with Gasteiger partial charge in [0, 0.05) is 0 Å². The van der Waals surface area contributed by atoms with Crippen molar-refractivity contribution >= 4 is 5.97 Å². The molecule has 0 radical (unpaired) electrons. The number of rotatable bonds is 6. The fourth-order valence-corrected chi connectivity index (χ4v) is 1.07. The summed E-state index contributed by atoms with van der Waals surface area (Å²) >= 11 is 0. The predicted octanol–water partition coefficient (Wildman–Crippen LogP) is 0.753. The summed E-state index contributed by atoms with van der Waals surface area (Å²) in [4.78, 5) is 10.5. The third-order valence-electron chi connectivity index (χ3n) is 1.99. The Morgan fingerprint density at radius 1 is 1.40 bits per heavy atom. The number of nitrogens with one attached hydrogen (secondary N) is 1. The summed E-state index contributed by atoms with van der Waals surface area (Å²) < 4.78 is 35.5. The van der Waals surface area contributed by atoms with E-state index in [4.69, 9.17) is 10.2 Å². The third-order valence-corrected chi connectivity index (χ3v) is 1.99. The van der Waals surface area contributed by atoms with Crippen LogP contribution in [0.1, 0.15) is 19.3 Å². The van der Waals surface area contributed by atoms with Gasteiger partial charge in [-0.15, -0.1) is 0 Å². The van der Waals surface area contributed by atoms with E-state index in [-0.39, 0.29) is 12.8 Å². The molecule has 0 aromatic carbocycles. The fraction of sp³-hybridized carbons (Fsp3) is 0.875. The van der Waals surface area contributed by atoms with Gasteiger partial charge in [-0.05, 0) is 26.3 Å². The molecule has 0 spiro atoms. The number of halogens is 3. The van der Waals surface area contributed by atoms with Gasteiger partial charge >= 0.3 is 12.1 Å². The van der Waals surface area contributed by atoms with E-state index < -0.39 is 30.7 Å². The number of carboxylic acids is 1. The molecule has 0 aliphatic carbocycles. The van der Waals surface area contributed by atoms with Crippen LogP contribution in [0.3, 0.4) is 0 Å². The van der Waals surface area contributed by atoms with Gasteiger partial charge in [0.1, 0.15) is 12.1 Å². The van der Waals surface area contributed by atoms with Gasteiger partial charge in [-0.3, -0.25) is 4.79 Å². The van der Waals surface area contributed by atoms with Crippen molar-refractivity contribution in [1.82, 2.24) is 5.32 Å². The molecule has 0 saturated carbocycles. The summed E-state index contributed by atoms with van der Waals surface area (Å²) in [5, 5.41) is 19.6. The van der Waals surface area contributed by atoms with Crippen LogP contribution in [0.4, 0.5) is 13.2 Å². The topological polar surface area (TPSA) is 69.6 Å². The predicted molar refractivity (Wildman–Crippen MR) is 46.4 cm³/mol. The molecule has 0 saturated heterocycles. The largest absolute Gasteiger partial charge is 0.480 e. The average molecular weight is 229 g/mol. The van der Waals surface area contributed by atoms with Gasteiger partial charge in [0.05, 0.1) is 0 Å². The number of likely N-dealkylation sites (N-methyl/N-ethyl adjacent to an activating group) is 1. The lowest BCUT2D eigenvalue weighted by atomic mass is 10.1. The van der Waals surface area contributed by atoms with E-state index in [0.29, 0.717) is 0 Å². The standard InChI is InChI=1S/C8H14F3NO3/c1-12-5(7(14)15)3-2-4-6(13)8(9,10)11/h5-6,12-13H,2-4H2,1H3,(H,14,15)/t5-,6?/m0/s1. The minimum atomic E-state index is -4.63. The quantitative estimate of drug-likeness (QED) is 0.628. The smallest absolute Gasteiger partial charge is 0.414 e. The molecule has 0 amide bonds. The maximum atomic E-state index is 11.8. The van der Waals surface area contributed by atoms with Gasteiger partial charge in [-0.25, -0.2) is 0 Å². The molecule has 0 bridgehead atoms. The van der Waals surface area contributed by atoms with Gasteiger partial charge < -0.3 is 15.5 Å². The van der Waals surface area contributed by atoms with Crippen LogP contribution in [0, 0.1) is 0 Å². The Labute approximate surface area is 85.1 Å². The zero-order valence-corrected chi connectivity index (χ0v) is 8.21. The van der Waals surface area contributed by atoms with Crippen LogP contribution in [0.25, 0.3) is 0 Å². The molecular formula is C8H14F3NO3. The van der Waals surface area contributed by atoms with Gasteiger partial charge in [0.15, 0.2) is 0 Å². The second-order valence-electron chi connectivity index (χ2n) is 3.17. The van der Waals surface area contributed by atoms with Crippen LogP contribution in [0.15, 0.2) is 0 Å². The SMILES string of the molecule is CN[C@@H](CCCC(O)C(F)(F)F)C(=O)O. The highest BCUT2D eigenvalue weighted by Crippen LogP contribution is 2.23. The van der Waals surface area contributed by atoms with Crippen LogP contribution in [0.2, 0.25) is 0 Å². The first kappa shape index (κ1) is 14.2. The normalized spacial score (nSPS) is 16.1. The molecular weight excluding hydrogens is 215 g/mol. The zero-order valence-electron chi connectivity index (χ0n) is 8.21. The molecule has 0 rings (SSSR count). The molecule has 0 aromatic rings. The van der Waals surface area contributed by atoms with E-state index in [1.807, 2.05) is 0 Å². The lowest BCUT2D eigenvalue weighted by Gasteiger charge is -2.15. The lowest BCUT2D eigenvalue weighted by molar-refractivity contribution is -0.205. The van der Waals surface area contributed by atoms with E-state index >= 15 is 0 Å². The number of carboxylic acid groups (broad SMARTS) is 1. The third kappa shape index (κ3) is 5.58. The Kier molecular flexibility index (Phi) is 5.59. The molecule has 2 atom stereocenters. The highest BCUT2D eigenvalue weighted by molar-refractivity contribution is 5.73. The molecule has 0 fully saturated rings. The molecule has 1 unspecified atom stereocenters. The van der Waals surface area contributed by atoms with E-state index in [2.05, 4.69) is 5.32 Å². The minimum Gasteiger partial charge on any atom is -0.480 e. The lowest BCUT2D eigenvalue weighted by Crippen LogP contribution is -2.34. The summed E-state index contributed by atoms with van der Waals surface area (Å²) in [7, 11) is 1.42. The highest BCUT2D eigenvalue weighted by atomic mass is 19.4. The molecule has 90 valence electrons. The van der Waals surface area contributed by atoms with Crippen LogP contribution in [-0.2, 0) is 4.79 Å². The molecule has 15 heavy (non-hydrogen) atoms. The van der Waals surface area contributed by atoms with Gasteiger partial charge in [0.2, 0.25) is 0 Å². The van der Waals surface area contributed by atoms with Crippen LogP contribution < -0.4 is 5.32 Å². The minimum absolute atomic E-state index is 0.00150. The number of hydrogen-bond acceptors (Lipinski definition) is 3.